The number of urea groups is 1. The van der Waals surface area contributed by atoms with Gasteiger partial charge in [-0.1, -0.05) is 6.92 Å². The number of aromatic nitrogens is 3. The number of pyridine rings is 1. The molecule has 0 aliphatic carbocycles. The molecule has 0 saturated carbocycles. The van der Waals surface area contributed by atoms with Crippen molar-refractivity contribution in [2.45, 2.75) is 26.8 Å². The molecule has 0 aliphatic rings. The van der Waals surface area contributed by atoms with Crippen molar-refractivity contribution in [1.82, 2.24) is 20.1 Å². The summed E-state index contributed by atoms with van der Waals surface area (Å²) in [6.07, 6.45) is 2.66. The Bertz CT molecular complexity index is 851. The average molecular weight is 329 g/mol. The van der Waals surface area contributed by atoms with Gasteiger partial charge in [0, 0.05) is 22.2 Å². The van der Waals surface area contributed by atoms with Crippen molar-refractivity contribution < 1.29 is 4.79 Å². The van der Waals surface area contributed by atoms with Gasteiger partial charge < -0.3 is 10.6 Å². The fraction of sp³-hybridized carbons (Fsp3) is 0.312. The Morgan fingerprint density at radius 1 is 1.35 bits per heavy atom. The highest BCUT2D eigenvalue weighted by Gasteiger charge is 2.09. The molecule has 120 valence electrons. The maximum atomic E-state index is 12.0. The molecule has 0 saturated heterocycles. The summed E-state index contributed by atoms with van der Waals surface area (Å²) in [6.45, 7) is 4.58. The molecule has 23 heavy (non-hydrogen) atoms. The summed E-state index contributed by atoms with van der Waals surface area (Å²) in [5.74, 6) is 0. The van der Waals surface area contributed by atoms with Crippen LogP contribution in [0.15, 0.2) is 24.4 Å². The zero-order chi connectivity index (χ0) is 16.4. The molecule has 0 spiro atoms. The van der Waals surface area contributed by atoms with Crippen molar-refractivity contribution in [1.29, 1.82) is 0 Å². The van der Waals surface area contributed by atoms with Gasteiger partial charge >= 0.3 is 6.03 Å². The number of rotatable bonds is 4. The largest absolute Gasteiger partial charge is 0.333 e. The Kier molecular flexibility index (Phi) is 4.29. The smallest absolute Gasteiger partial charge is 0.319 e. The third-order valence-electron chi connectivity index (χ3n) is 3.61. The van der Waals surface area contributed by atoms with Crippen LogP contribution in [-0.4, -0.2) is 20.8 Å². The molecule has 0 aliphatic heterocycles. The lowest BCUT2D eigenvalue weighted by molar-refractivity contribution is 0.252. The fourth-order valence-electron chi connectivity index (χ4n) is 2.43. The van der Waals surface area contributed by atoms with Crippen molar-refractivity contribution >= 4 is 34.1 Å². The van der Waals surface area contributed by atoms with Gasteiger partial charge in [-0.2, -0.15) is 5.10 Å². The Labute approximate surface area is 138 Å². The van der Waals surface area contributed by atoms with Crippen LogP contribution >= 0.6 is 11.3 Å². The fourth-order valence-corrected chi connectivity index (χ4v) is 3.32. The minimum Gasteiger partial charge on any atom is -0.333 e. The molecule has 0 radical (unpaired) electrons. The molecule has 0 fully saturated rings. The lowest BCUT2D eigenvalue weighted by atomic mass is 10.2. The van der Waals surface area contributed by atoms with E-state index in [1.807, 2.05) is 20.0 Å². The van der Waals surface area contributed by atoms with E-state index in [-0.39, 0.29) is 6.03 Å². The van der Waals surface area contributed by atoms with Crippen LogP contribution in [0.1, 0.15) is 22.4 Å². The number of nitrogens with one attached hydrogen (secondary N) is 2. The maximum Gasteiger partial charge on any atom is 0.319 e. The maximum absolute atomic E-state index is 12.0. The standard InChI is InChI=1S/C16H19N5OS/c1-4-12-5-6-13(23-12)9-18-16(22)19-11-7-14-10(2)20-21(3)15(14)17-8-11/h5-8H,4,9H2,1-3H3,(H2,18,19,22). The summed E-state index contributed by atoms with van der Waals surface area (Å²) in [5.41, 5.74) is 2.36. The van der Waals surface area contributed by atoms with Crippen LogP contribution in [0.25, 0.3) is 11.0 Å². The number of thiophene rings is 1. The molecular weight excluding hydrogens is 310 g/mol. The Morgan fingerprint density at radius 3 is 2.87 bits per heavy atom. The topological polar surface area (TPSA) is 71.8 Å². The van der Waals surface area contributed by atoms with Crippen LogP contribution in [0.3, 0.4) is 0 Å². The summed E-state index contributed by atoms with van der Waals surface area (Å²) >= 11 is 1.72. The van der Waals surface area contributed by atoms with Gasteiger partial charge in [0.25, 0.3) is 0 Å². The first-order valence-corrected chi connectivity index (χ1v) is 8.30. The van der Waals surface area contributed by atoms with Gasteiger partial charge in [-0.05, 0) is 31.5 Å². The number of fused-ring (bicyclic) bond motifs is 1. The first-order valence-electron chi connectivity index (χ1n) is 7.48. The summed E-state index contributed by atoms with van der Waals surface area (Å²) in [7, 11) is 1.85. The van der Waals surface area contributed by atoms with E-state index in [2.05, 4.69) is 39.8 Å². The van der Waals surface area contributed by atoms with Gasteiger partial charge in [-0.25, -0.2) is 9.78 Å². The van der Waals surface area contributed by atoms with Gasteiger partial charge in [0.15, 0.2) is 5.65 Å². The van der Waals surface area contributed by atoms with Gasteiger partial charge in [-0.3, -0.25) is 4.68 Å². The third-order valence-corrected chi connectivity index (χ3v) is 4.84. The molecule has 0 atom stereocenters. The van der Waals surface area contributed by atoms with E-state index in [1.165, 1.54) is 4.88 Å². The molecular formula is C16H19N5OS. The molecule has 0 aromatic carbocycles. The summed E-state index contributed by atoms with van der Waals surface area (Å²) < 4.78 is 1.73. The predicted octanol–water partition coefficient (Wildman–Crippen LogP) is 3.22. The quantitative estimate of drug-likeness (QED) is 0.772. The summed E-state index contributed by atoms with van der Waals surface area (Å²) in [4.78, 5) is 18.8. The van der Waals surface area contributed by atoms with Gasteiger partial charge in [0.2, 0.25) is 0 Å². The Hall–Kier alpha value is -2.41. The number of anilines is 1. The zero-order valence-corrected chi connectivity index (χ0v) is 14.2. The number of carbonyl (C=O) groups excluding carboxylic acids is 1. The van der Waals surface area contributed by atoms with Crippen molar-refractivity contribution in [2.24, 2.45) is 7.05 Å². The number of hydrogen-bond donors (Lipinski definition) is 2. The number of carbonyl (C=O) groups is 1. The Balaban J connectivity index is 1.64. The second-order valence-corrected chi connectivity index (χ2v) is 6.59. The van der Waals surface area contributed by atoms with E-state index >= 15 is 0 Å². The van der Waals surface area contributed by atoms with Gasteiger partial charge in [0.05, 0.1) is 24.1 Å². The molecule has 2 amide bonds. The molecule has 2 N–H and O–H groups in total. The van der Waals surface area contributed by atoms with E-state index in [9.17, 15) is 4.79 Å². The number of nitrogens with zero attached hydrogens (tertiary/aromatic N) is 3. The van der Waals surface area contributed by atoms with Gasteiger partial charge in [-0.15, -0.1) is 11.3 Å². The van der Waals surface area contributed by atoms with Crippen LogP contribution in [0.5, 0.6) is 0 Å². The van der Waals surface area contributed by atoms with Crippen molar-refractivity contribution in [3.63, 3.8) is 0 Å². The lowest BCUT2D eigenvalue weighted by Gasteiger charge is -2.06. The van der Waals surface area contributed by atoms with E-state index in [1.54, 1.807) is 22.2 Å². The number of hydrogen-bond acceptors (Lipinski definition) is 4. The van der Waals surface area contributed by atoms with Gasteiger partial charge in [0.1, 0.15) is 0 Å². The lowest BCUT2D eigenvalue weighted by Crippen LogP contribution is -2.27. The van der Waals surface area contributed by atoms with Crippen LogP contribution in [-0.2, 0) is 20.0 Å². The molecule has 7 heteroatoms. The summed E-state index contributed by atoms with van der Waals surface area (Å²) in [6, 6.07) is 5.81. The van der Waals surface area contributed by atoms with Crippen molar-refractivity contribution in [3.8, 4) is 0 Å². The van der Waals surface area contributed by atoms with Crippen LogP contribution in [0.4, 0.5) is 10.5 Å². The average Bonchev–Trinajstić information content (AvgIpc) is 3.10. The minimum atomic E-state index is -0.237. The minimum absolute atomic E-state index is 0.237. The molecule has 3 aromatic heterocycles. The highest BCUT2D eigenvalue weighted by atomic mass is 32.1. The normalized spacial score (nSPS) is 10.9. The number of amides is 2. The SMILES string of the molecule is CCc1ccc(CNC(=O)Nc2cnc3c(c2)c(C)nn3C)s1. The molecule has 3 heterocycles. The second kappa shape index (κ2) is 6.37. The Morgan fingerprint density at radius 2 is 2.13 bits per heavy atom. The summed E-state index contributed by atoms with van der Waals surface area (Å²) in [5, 5.41) is 10.9. The van der Waals surface area contributed by atoms with Crippen molar-refractivity contribution in [2.75, 3.05) is 5.32 Å². The van der Waals surface area contributed by atoms with Crippen LogP contribution < -0.4 is 10.6 Å². The zero-order valence-electron chi connectivity index (χ0n) is 13.4. The first-order chi connectivity index (χ1) is 11.1. The second-order valence-electron chi connectivity index (χ2n) is 5.33. The van der Waals surface area contributed by atoms with Crippen molar-refractivity contribution in [3.05, 3.63) is 39.8 Å². The van der Waals surface area contributed by atoms with Crippen LogP contribution in [0.2, 0.25) is 0 Å². The van der Waals surface area contributed by atoms with E-state index in [0.29, 0.717) is 12.2 Å². The molecule has 3 rings (SSSR count). The molecule has 0 bridgehead atoms. The predicted molar refractivity (Wildman–Crippen MR) is 92.8 cm³/mol. The highest BCUT2D eigenvalue weighted by Crippen LogP contribution is 2.19. The molecule has 3 aromatic rings. The van der Waals surface area contributed by atoms with E-state index in [4.69, 9.17) is 0 Å². The third kappa shape index (κ3) is 3.34. The highest BCUT2D eigenvalue weighted by molar-refractivity contribution is 7.11. The number of aryl methyl sites for hydroxylation is 3. The molecule has 6 nitrogen and oxygen atoms in total. The first kappa shape index (κ1) is 15.5. The van der Waals surface area contributed by atoms with E-state index < -0.39 is 0 Å². The van der Waals surface area contributed by atoms with Crippen LogP contribution in [0, 0.1) is 6.92 Å². The monoisotopic (exact) mass is 329 g/mol. The molecule has 0 unspecified atom stereocenters. The van der Waals surface area contributed by atoms with E-state index in [0.717, 1.165) is 28.0 Å².